The number of hydrogen-bond donors (Lipinski definition) is 0. The average molecular weight is 405 g/mol. The molecule has 0 spiro atoms. The first kappa shape index (κ1) is 18.1. The summed E-state index contributed by atoms with van der Waals surface area (Å²) in [5, 5.41) is 1.38. The predicted molar refractivity (Wildman–Crippen MR) is 120 cm³/mol. The fourth-order valence-corrected chi connectivity index (χ4v) is 6.63. The van der Waals surface area contributed by atoms with Gasteiger partial charge in [0.2, 0.25) is 0 Å². The molecule has 0 N–H and O–H groups in total. The molecule has 0 radical (unpaired) electrons. The third-order valence-electron chi connectivity index (χ3n) is 7.12. The molecule has 4 heteroatoms. The number of ether oxygens (including phenoxy) is 1. The van der Waals surface area contributed by atoms with Crippen LogP contribution in [0.1, 0.15) is 40.3 Å². The molecule has 0 bridgehead atoms. The lowest BCUT2D eigenvalue weighted by molar-refractivity contribution is 0.00831. The summed E-state index contributed by atoms with van der Waals surface area (Å²) in [5.74, 6) is 0.480. The Morgan fingerprint density at radius 2 is 1.86 bits per heavy atom. The number of benzene rings is 2. The van der Waals surface area contributed by atoms with Crippen molar-refractivity contribution < 1.29 is 4.74 Å². The van der Waals surface area contributed by atoms with Crippen LogP contribution in [0.15, 0.2) is 48.5 Å². The molecule has 1 saturated heterocycles. The van der Waals surface area contributed by atoms with Crippen LogP contribution in [0, 0.1) is 0 Å². The van der Waals surface area contributed by atoms with Gasteiger partial charge < -0.3 is 9.64 Å². The van der Waals surface area contributed by atoms with Gasteiger partial charge in [0.05, 0.1) is 13.2 Å². The van der Waals surface area contributed by atoms with Crippen LogP contribution < -0.4 is 0 Å². The molecule has 2 fully saturated rings. The molecule has 29 heavy (non-hydrogen) atoms. The van der Waals surface area contributed by atoms with Crippen molar-refractivity contribution in [1.29, 1.82) is 0 Å². The Balaban J connectivity index is 1.37. The Kier molecular flexibility index (Phi) is 4.31. The van der Waals surface area contributed by atoms with E-state index in [-0.39, 0.29) is 5.54 Å². The zero-order valence-electron chi connectivity index (χ0n) is 17.1. The summed E-state index contributed by atoms with van der Waals surface area (Å²) in [6, 6.07) is 18.6. The van der Waals surface area contributed by atoms with Crippen molar-refractivity contribution >= 4 is 21.4 Å². The van der Waals surface area contributed by atoms with Crippen molar-refractivity contribution in [3.63, 3.8) is 0 Å². The highest BCUT2D eigenvalue weighted by Crippen LogP contribution is 2.52. The lowest BCUT2D eigenvalue weighted by Crippen LogP contribution is -2.43. The highest BCUT2D eigenvalue weighted by molar-refractivity contribution is 7.19. The first-order chi connectivity index (χ1) is 14.2. The second-order valence-corrected chi connectivity index (χ2v) is 10.1. The maximum Gasteiger partial charge on any atom is 0.0594 e. The fraction of sp³-hybridized carbons (Fsp3) is 0.440. The van der Waals surface area contributed by atoms with Gasteiger partial charge in [-0.15, -0.1) is 11.3 Å². The molecule has 2 aliphatic heterocycles. The van der Waals surface area contributed by atoms with Gasteiger partial charge in [0.15, 0.2) is 0 Å². The third-order valence-corrected chi connectivity index (χ3v) is 8.35. The summed E-state index contributed by atoms with van der Waals surface area (Å²) in [4.78, 5) is 6.67. The highest BCUT2D eigenvalue weighted by atomic mass is 32.1. The first-order valence-corrected chi connectivity index (χ1v) is 11.7. The smallest absolute Gasteiger partial charge is 0.0594 e. The molecule has 1 saturated carbocycles. The molecule has 2 aromatic carbocycles. The number of fused-ring (bicyclic) bond motifs is 2. The van der Waals surface area contributed by atoms with Crippen molar-refractivity contribution in [3.8, 4) is 0 Å². The second kappa shape index (κ2) is 6.92. The van der Waals surface area contributed by atoms with E-state index in [1.54, 1.807) is 0 Å². The molecule has 1 unspecified atom stereocenters. The molecular weight excluding hydrogens is 376 g/mol. The maximum atomic E-state index is 5.60. The molecule has 1 aliphatic carbocycles. The molecule has 1 aromatic heterocycles. The first-order valence-electron chi connectivity index (χ1n) is 10.9. The minimum Gasteiger partial charge on any atom is -0.379 e. The van der Waals surface area contributed by atoms with E-state index in [2.05, 4.69) is 65.4 Å². The van der Waals surface area contributed by atoms with E-state index in [9.17, 15) is 0 Å². The molecule has 0 amide bonds. The maximum absolute atomic E-state index is 5.60. The van der Waals surface area contributed by atoms with Gasteiger partial charge >= 0.3 is 0 Å². The molecule has 3 aliphatic rings. The van der Waals surface area contributed by atoms with Crippen molar-refractivity contribution in [2.24, 2.45) is 0 Å². The summed E-state index contributed by atoms with van der Waals surface area (Å²) in [6.45, 7) is 6.06. The van der Waals surface area contributed by atoms with Crippen LogP contribution in [0.5, 0.6) is 0 Å². The van der Waals surface area contributed by atoms with Crippen LogP contribution in [0.4, 0.5) is 0 Å². The van der Waals surface area contributed by atoms with E-state index in [1.807, 2.05) is 11.3 Å². The lowest BCUT2D eigenvalue weighted by Gasteiger charge is -2.37. The average Bonchev–Trinajstić information content (AvgIpc) is 3.46. The molecule has 3 aromatic rings. The van der Waals surface area contributed by atoms with Crippen LogP contribution in [-0.2, 0) is 16.8 Å². The minimum atomic E-state index is 0.280. The number of nitrogens with zero attached hydrogens (tertiary/aromatic N) is 2. The topological polar surface area (TPSA) is 15.7 Å². The zero-order valence-corrected chi connectivity index (χ0v) is 17.9. The number of morpholine rings is 1. The van der Waals surface area contributed by atoms with Crippen LogP contribution in [0.25, 0.3) is 10.1 Å². The second-order valence-electron chi connectivity index (χ2n) is 8.98. The Bertz CT molecular complexity index is 1010. The van der Waals surface area contributed by atoms with Crippen molar-refractivity contribution in [2.45, 2.75) is 30.8 Å². The van der Waals surface area contributed by atoms with Gasteiger partial charge in [-0.25, -0.2) is 0 Å². The summed E-state index contributed by atoms with van der Waals surface area (Å²) in [5.41, 5.74) is 4.88. The number of likely N-dealkylation sites (N-methyl/N-ethyl adjacent to an activating group) is 1. The van der Waals surface area contributed by atoms with E-state index < -0.39 is 0 Å². The van der Waals surface area contributed by atoms with Crippen LogP contribution in [-0.4, -0.2) is 49.7 Å². The quantitative estimate of drug-likeness (QED) is 0.624. The Hall–Kier alpha value is -1.72. The lowest BCUT2D eigenvalue weighted by atomic mass is 9.86. The van der Waals surface area contributed by atoms with Gasteiger partial charge in [0.25, 0.3) is 0 Å². The van der Waals surface area contributed by atoms with Crippen molar-refractivity contribution in [3.05, 3.63) is 70.1 Å². The minimum absolute atomic E-state index is 0.280. The van der Waals surface area contributed by atoms with Crippen molar-refractivity contribution in [2.75, 3.05) is 39.9 Å². The van der Waals surface area contributed by atoms with E-state index in [4.69, 9.17) is 4.74 Å². The van der Waals surface area contributed by atoms with Crippen LogP contribution >= 0.6 is 11.3 Å². The van der Waals surface area contributed by atoms with Crippen molar-refractivity contribution in [1.82, 2.24) is 9.80 Å². The summed E-state index contributed by atoms with van der Waals surface area (Å²) in [6.07, 6.45) is 2.59. The Morgan fingerprint density at radius 1 is 1.03 bits per heavy atom. The van der Waals surface area contributed by atoms with Gasteiger partial charge in [-0.2, -0.15) is 0 Å². The molecular formula is C25H28N2OS. The SMILES string of the molecule is CN1Cc2cc(C3(N4CCOCC4)CC3)ccc2C(c2cc3ccccc3s2)C1. The van der Waals surface area contributed by atoms with Gasteiger partial charge in [0.1, 0.15) is 0 Å². The number of rotatable bonds is 3. The molecule has 6 rings (SSSR count). The van der Waals surface area contributed by atoms with Crippen LogP contribution in [0.3, 0.4) is 0 Å². The largest absolute Gasteiger partial charge is 0.379 e. The summed E-state index contributed by atoms with van der Waals surface area (Å²) in [7, 11) is 2.27. The molecule has 1 atom stereocenters. The van der Waals surface area contributed by atoms with Crippen LogP contribution in [0.2, 0.25) is 0 Å². The van der Waals surface area contributed by atoms with E-state index >= 15 is 0 Å². The number of thiophene rings is 1. The van der Waals surface area contributed by atoms with E-state index in [0.29, 0.717) is 5.92 Å². The van der Waals surface area contributed by atoms with Gasteiger partial charge in [0, 0.05) is 47.2 Å². The zero-order chi connectivity index (χ0) is 19.4. The van der Waals surface area contributed by atoms with Gasteiger partial charge in [-0.1, -0.05) is 36.4 Å². The Labute approximate surface area is 176 Å². The normalized spacial score (nSPS) is 24.5. The standard InChI is InChI=1S/C25H28N2OS/c1-26-16-19-14-20(25(8-9-25)27-10-12-28-13-11-27)6-7-21(19)22(17-26)24-15-18-4-2-3-5-23(18)29-24/h2-7,14-15,22H,8-13,16-17H2,1H3. The number of hydrogen-bond acceptors (Lipinski definition) is 4. The van der Waals surface area contributed by atoms with Gasteiger partial charge in [-0.05, 0) is 54.1 Å². The molecule has 150 valence electrons. The van der Waals surface area contributed by atoms with Gasteiger partial charge in [-0.3, -0.25) is 4.90 Å². The van der Waals surface area contributed by atoms with E-state index in [1.165, 1.54) is 44.5 Å². The fourth-order valence-electron chi connectivity index (χ4n) is 5.45. The Morgan fingerprint density at radius 3 is 2.66 bits per heavy atom. The third kappa shape index (κ3) is 3.05. The van der Waals surface area contributed by atoms with E-state index in [0.717, 1.165) is 39.4 Å². The molecule has 3 nitrogen and oxygen atoms in total. The predicted octanol–water partition coefficient (Wildman–Crippen LogP) is 4.80. The summed E-state index contributed by atoms with van der Waals surface area (Å²) >= 11 is 1.97. The molecule has 3 heterocycles. The highest BCUT2D eigenvalue weighted by Gasteiger charge is 2.49. The summed E-state index contributed by atoms with van der Waals surface area (Å²) < 4.78 is 7.00. The monoisotopic (exact) mass is 404 g/mol.